The fraction of sp³-hybridized carbons (Fsp3) is 0.579. The minimum absolute atomic E-state index is 0.122. The van der Waals surface area contributed by atoms with Crippen molar-refractivity contribution in [3.05, 3.63) is 75.9 Å². The first-order valence-corrected chi connectivity index (χ1v) is 12.7. The van der Waals surface area contributed by atoms with Crippen LogP contribution in [-0.4, -0.2) is 59.1 Å². The predicted octanol–water partition coefficient (Wildman–Crippen LogP) is -1.61. The highest BCUT2D eigenvalue weighted by atomic mass is 31.2. The molecule has 8 atom stereocenters. The summed E-state index contributed by atoms with van der Waals surface area (Å²) in [5.41, 5.74) is 2.90. The van der Waals surface area contributed by atoms with Gasteiger partial charge in [0.25, 0.3) is 18.9 Å². The molecule has 0 bridgehead atoms. The standard InChI is InChI=1S/C19H23FN7O11P/c1-7-5-26(17(31)22-15(7)29)11-3-9(24-25-21)13(36-11)19(2,38-39(33,34)35)14-10(28)4-12(37-14)27-6-8(20)16(30)23-18(27)32/h5-6,9-14,28H,3-4H2,1-2H3,(H,22,29,31)(H,23,30,32)(H2,33,34,35)/p-1. The van der Waals surface area contributed by atoms with Crippen LogP contribution in [-0.2, 0) is 18.6 Å². The number of azide groups is 1. The van der Waals surface area contributed by atoms with Crippen molar-refractivity contribution in [2.45, 2.75) is 69.1 Å². The largest absolute Gasteiger partial charge is 0.756 e. The van der Waals surface area contributed by atoms with Crippen LogP contribution in [0, 0.1) is 12.7 Å². The van der Waals surface area contributed by atoms with Crippen LogP contribution < -0.4 is 27.4 Å². The van der Waals surface area contributed by atoms with E-state index in [1.165, 1.54) is 6.92 Å². The number of halogens is 1. The highest BCUT2D eigenvalue weighted by Gasteiger charge is 2.58. The van der Waals surface area contributed by atoms with E-state index in [0.717, 1.165) is 17.7 Å². The molecule has 8 unspecified atom stereocenters. The zero-order valence-electron chi connectivity index (χ0n) is 20.2. The van der Waals surface area contributed by atoms with E-state index in [9.17, 15) is 43.0 Å². The summed E-state index contributed by atoms with van der Waals surface area (Å²) in [6, 6.07) is -1.28. The van der Waals surface area contributed by atoms with Gasteiger partial charge in [-0.15, -0.1) is 0 Å². The van der Waals surface area contributed by atoms with E-state index in [0.29, 0.717) is 10.8 Å². The molecule has 4 heterocycles. The maximum atomic E-state index is 13.9. The first-order chi connectivity index (χ1) is 18.1. The number of aromatic nitrogens is 4. The quantitative estimate of drug-likeness (QED) is 0.126. The van der Waals surface area contributed by atoms with E-state index in [1.807, 2.05) is 0 Å². The highest BCUT2D eigenvalue weighted by molar-refractivity contribution is 7.44. The van der Waals surface area contributed by atoms with E-state index in [-0.39, 0.29) is 12.0 Å². The first-order valence-electron chi connectivity index (χ1n) is 11.3. The van der Waals surface area contributed by atoms with Crippen molar-refractivity contribution in [3.8, 4) is 0 Å². The highest BCUT2D eigenvalue weighted by Crippen LogP contribution is 2.50. The van der Waals surface area contributed by atoms with Crippen molar-refractivity contribution >= 4 is 7.82 Å². The third kappa shape index (κ3) is 5.52. The van der Waals surface area contributed by atoms with Crippen LogP contribution in [0.4, 0.5) is 4.39 Å². The van der Waals surface area contributed by atoms with Gasteiger partial charge in [0.15, 0.2) is 0 Å². The van der Waals surface area contributed by atoms with Gasteiger partial charge in [-0.3, -0.25) is 33.3 Å². The number of nitrogens with one attached hydrogen (secondary N) is 2. The van der Waals surface area contributed by atoms with Gasteiger partial charge in [0, 0.05) is 29.5 Å². The van der Waals surface area contributed by atoms with Crippen LogP contribution >= 0.6 is 7.82 Å². The van der Waals surface area contributed by atoms with E-state index in [1.54, 1.807) is 4.98 Å². The second-order valence-electron chi connectivity index (χ2n) is 9.20. The first kappa shape index (κ1) is 28.6. The maximum Gasteiger partial charge on any atom is 0.330 e. The molecule has 2 aliphatic heterocycles. The summed E-state index contributed by atoms with van der Waals surface area (Å²) < 4.78 is 43.9. The van der Waals surface area contributed by atoms with Gasteiger partial charge in [0.2, 0.25) is 5.82 Å². The summed E-state index contributed by atoms with van der Waals surface area (Å²) in [4.78, 5) is 75.8. The second-order valence-corrected chi connectivity index (χ2v) is 10.3. The molecule has 4 rings (SSSR count). The lowest BCUT2D eigenvalue weighted by Gasteiger charge is -2.43. The van der Waals surface area contributed by atoms with Crippen LogP contribution in [0.1, 0.15) is 37.8 Å². The Bertz CT molecular complexity index is 1610. The van der Waals surface area contributed by atoms with Crippen molar-refractivity contribution in [1.82, 2.24) is 19.1 Å². The molecule has 2 aromatic heterocycles. The number of phosphoric acid groups is 1. The summed E-state index contributed by atoms with van der Waals surface area (Å²) in [6.45, 7) is 2.46. The Labute approximate surface area is 215 Å². The average Bonchev–Trinajstić information content (AvgIpc) is 3.42. The number of rotatable bonds is 7. The normalized spacial score (nSPS) is 29.9. The zero-order chi connectivity index (χ0) is 28.9. The molecule has 0 spiro atoms. The van der Waals surface area contributed by atoms with E-state index >= 15 is 0 Å². The number of H-pyrrole nitrogens is 2. The van der Waals surface area contributed by atoms with Crippen molar-refractivity contribution in [3.63, 3.8) is 0 Å². The minimum Gasteiger partial charge on any atom is -0.756 e. The SMILES string of the molecule is Cc1cn(C2CC(N=[N+]=[N-])C(C(C)(OP(=O)([O-])O)C3OC(n4cc(F)c(=O)[nH]c4=O)CC3O)O2)c(=O)[nH]c1=O. The second kappa shape index (κ2) is 10.3. The topological polar surface area (TPSA) is 267 Å². The lowest BCUT2D eigenvalue weighted by atomic mass is 9.85. The zero-order valence-corrected chi connectivity index (χ0v) is 21.1. The lowest BCUT2D eigenvalue weighted by Crippen LogP contribution is -2.58. The third-order valence-corrected chi connectivity index (χ3v) is 7.15. The molecule has 0 aromatic carbocycles. The molecule has 0 radical (unpaired) electrons. The molecule has 212 valence electrons. The van der Waals surface area contributed by atoms with Crippen LogP contribution in [0.3, 0.4) is 0 Å². The van der Waals surface area contributed by atoms with Gasteiger partial charge in [-0.2, -0.15) is 4.39 Å². The Morgan fingerprint density at radius 2 is 1.72 bits per heavy atom. The molecule has 0 aliphatic carbocycles. The number of hydrogen-bond acceptors (Lipinski definition) is 11. The number of hydrogen-bond donors (Lipinski definition) is 4. The summed E-state index contributed by atoms with van der Waals surface area (Å²) in [5.74, 6) is -1.35. The predicted molar refractivity (Wildman–Crippen MR) is 123 cm³/mol. The van der Waals surface area contributed by atoms with Crippen molar-refractivity contribution in [1.29, 1.82) is 0 Å². The molecule has 2 fully saturated rings. The number of nitrogens with zero attached hydrogens (tertiary/aromatic N) is 5. The fourth-order valence-corrected chi connectivity index (χ4v) is 5.55. The summed E-state index contributed by atoms with van der Waals surface area (Å²) >= 11 is 0. The molecule has 2 aromatic rings. The van der Waals surface area contributed by atoms with Gasteiger partial charge >= 0.3 is 11.4 Å². The molecule has 0 saturated carbocycles. The summed E-state index contributed by atoms with van der Waals surface area (Å²) in [5, 5.41) is 14.4. The molecule has 2 saturated heterocycles. The number of aryl methyl sites for hydroxylation is 1. The Balaban J connectivity index is 1.76. The van der Waals surface area contributed by atoms with Crippen molar-refractivity contribution in [2.24, 2.45) is 5.11 Å². The number of aliphatic hydroxyl groups is 1. The molecule has 39 heavy (non-hydrogen) atoms. The molecule has 2 aliphatic rings. The van der Waals surface area contributed by atoms with Crippen LogP contribution in [0.5, 0.6) is 0 Å². The van der Waals surface area contributed by atoms with Crippen LogP contribution in [0.15, 0.2) is 36.7 Å². The van der Waals surface area contributed by atoms with Gasteiger partial charge in [0.05, 0.1) is 18.3 Å². The fourth-order valence-electron chi connectivity index (χ4n) is 4.85. The number of aliphatic hydroxyl groups excluding tert-OH is 1. The van der Waals surface area contributed by atoms with E-state index in [2.05, 4.69) is 15.0 Å². The van der Waals surface area contributed by atoms with Gasteiger partial charge in [-0.25, -0.2) is 9.59 Å². The molecule has 0 amide bonds. The third-order valence-electron chi connectivity index (χ3n) is 6.53. The number of ether oxygens (including phenoxy) is 2. The monoisotopic (exact) mass is 574 g/mol. The molecule has 4 N–H and O–H groups in total. The Morgan fingerprint density at radius 1 is 1.15 bits per heavy atom. The van der Waals surface area contributed by atoms with E-state index in [4.69, 9.17) is 19.5 Å². The summed E-state index contributed by atoms with van der Waals surface area (Å²) in [6.07, 6.45) is -6.67. The Kier molecular flexibility index (Phi) is 7.54. The molecular formula is C19H22FN7O11P-. The van der Waals surface area contributed by atoms with Crippen LogP contribution in [0.25, 0.3) is 10.4 Å². The number of phosphoric ester groups is 1. The van der Waals surface area contributed by atoms with Gasteiger partial charge in [0.1, 0.15) is 30.3 Å². The van der Waals surface area contributed by atoms with Gasteiger partial charge in [-0.1, -0.05) is 5.11 Å². The maximum absolute atomic E-state index is 13.9. The van der Waals surface area contributed by atoms with Crippen molar-refractivity contribution < 1.29 is 37.8 Å². The Hall–Kier alpha value is -3.41. The Morgan fingerprint density at radius 3 is 2.33 bits per heavy atom. The lowest BCUT2D eigenvalue weighted by molar-refractivity contribution is -0.256. The van der Waals surface area contributed by atoms with Gasteiger partial charge in [-0.05, 0) is 19.4 Å². The molecule has 18 nitrogen and oxygen atoms in total. The van der Waals surface area contributed by atoms with Crippen LogP contribution in [0.2, 0.25) is 0 Å². The number of aromatic amines is 2. The van der Waals surface area contributed by atoms with Crippen molar-refractivity contribution in [2.75, 3.05) is 0 Å². The average molecular weight is 574 g/mol. The molecule has 20 heteroatoms. The van der Waals surface area contributed by atoms with Gasteiger partial charge < -0.3 is 28.9 Å². The summed E-state index contributed by atoms with van der Waals surface area (Å²) in [7, 11) is -5.64. The minimum atomic E-state index is -5.64. The smallest absolute Gasteiger partial charge is 0.330 e. The molecular weight excluding hydrogens is 552 g/mol. The van der Waals surface area contributed by atoms with E-state index < -0.39 is 85.0 Å².